The molecule has 0 N–H and O–H groups in total. The molecule has 4 heteroatoms. The Labute approximate surface area is 98.6 Å². The summed E-state index contributed by atoms with van der Waals surface area (Å²) < 4.78 is 1.07. The maximum atomic E-state index is 6.15. The fourth-order valence-electron chi connectivity index (χ4n) is 1.19. The minimum absolute atomic E-state index is 0.775. The first-order valence-electron chi connectivity index (χ1n) is 3.65. The molecule has 0 aliphatic rings. The van der Waals surface area contributed by atoms with Crippen LogP contribution in [-0.2, 0) is 5.33 Å². The van der Waals surface area contributed by atoms with Gasteiger partial charge in [0.25, 0.3) is 0 Å². The van der Waals surface area contributed by atoms with Gasteiger partial charge in [0.1, 0.15) is 0 Å². The van der Waals surface area contributed by atoms with E-state index >= 15 is 0 Å². The van der Waals surface area contributed by atoms with E-state index in [-0.39, 0.29) is 0 Å². The summed E-state index contributed by atoms with van der Waals surface area (Å²) in [5.74, 6) is 0. The van der Waals surface area contributed by atoms with Gasteiger partial charge in [-0.1, -0.05) is 51.3 Å². The summed E-state index contributed by atoms with van der Waals surface area (Å²) in [5, 5.41) is 3.42. The molecular formula is C9H5BrCl2S. The van der Waals surface area contributed by atoms with E-state index in [1.54, 1.807) is 11.3 Å². The van der Waals surface area contributed by atoms with Crippen molar-refractivity contribution in [2.24, 2.45) is 0 Å². The van der Waals surface area contributed by atoms with Crippen molar-refractivity contribution in [2.45, 2.75) is 5.33 Å². The molecule has 0 saturated heterocycles. The molecule has 0 aliphatic heterocycles. The van der Waals surface area contributed by atoms with Crippen molar-refractivity contribution in [3.05, 3.63) is 33.1 Å². The van der Waals surface area contributed by atoms with Crippen molar-refractivity contribution < 1.29 is 0 Å². The summed E-state index contributed by atoms with van der Waals surface area (Å²) in [6.45, 7) is 0. The molecule has 1 aromatic carbocycles. The Kier molecular flexibility index (Phi) is 2.84. The molecule has 1 heterocycles. The molecule has 0 atom stereocenters. The summed E-state index contributed by atoms with van der Waals surface area (Å²) >= 11 is 17.2. The van der Waals surface area contributed by atoms with Crippen LogP contribution in [0.2, 0.25) is 10.0 Å². The van der Waals surface area contributed by atoms with Gasteiger partial charge >= 0.3 is 0 Å². The molecule has 0 spiro atoms. The van der Waals surface area contributed by atoms with E-state index in [0.717, 1.165) is 30.3 Å². The van der Waals surface area contributed by atoms with Crippen molar-refractivity contribution in [1.29, 1.82) is 0 Å². The number of hydrogen-bond donors (Lipinski definition) is 0. The topological polar surface area (TPSA) is 0 Å². The third-order valence-corrected chi connectivity index (χ3v) is 4.94. The van der Waals surface area contributed by atoms with Crippen LogP contribution in [0, 0.1) is 0 Å². The van der Waals surface area contributed by atoms with Gasteiger partial charge in [-0.05, 0) is 6.07 Å². The minimum Gasteiger partial charge on any atom is -0.136 e. The fraction of sp³-hybridized carbons (Fsp3) is 0.111. The molecule has 2 rings (SSSR count). The average Bonchev–Trinajstić information content (AvgIpc) is 2.45. The third-order valence-electron chi connectivity index (χ3n) is 1.79. The summed E-state index contributed by atoms with van der Waals surface area (Å²) in [7, 11) is 0. The van der Waals surface area contributed by atoms with Gasteiger partial charge in [-0.3, -0.25) is 0 Å². The highest BCUT2D eigenvalue weighted by Gasteiger charge is 2.10. The van der Waals surface area contributed by atoms with Gasteiger partial charge in [-0.2, -0.15) is 0 Å². The maximum absolute atomic E-state index is 6.15. The molecule has 0 unspecified atom stereocenters. The Bertz CT molecular complexity index is 450. The lowest BCUT2D eigenvalue weighted by Gasteiger charge is -1.91. The smallest absolute Gasteiger partial charge is 0.0632 e. The van der Waals surface area contributed by atoms with Gasteiger partial charge in [0.15, 0.2) is 0 Å². The lowest BCUT2D eigenvalue weighted by atomic mass is 10.2. The monoisotopic (exact) mass is 294 g/mol. The SMILES string of the molecule is Clc1c(CBr)sc2c(Cl)cccc12. The van der Waals surface area contributed by atoms with E-state index in [1.807, 2.05) is 18.2 Å². The molecule has 1 aromatic heterocycles. The van der Waals surface area contributed by atoms with Gasteiger partial charge < -0.3 is 0 Å². The highest BCUT2D eigenvalue weighted by atomic mass is 79.9. The van der Waals surface area contributed by atoms with Gasteiger partial charge in [-0.15, -0.1) is 11.3 Å². The van der Waals surface area contributed by atoms with Gasteiger partial charge in [0, 0.05) is 15.6 Å². The standard InChI is InChI=1S/C9H5BrCl2S/c10-4-7-8(12)5-2-1-3-6(11)9(5)13-7/h1-3H,4H2. The molecule has 0 bridgehead atoms. The van der Waals surface area contributed by atoms with Crippen molar-refractivity contribution >= 4 is 60.6 Å². The Morgan fingerprint density at radius 2 is 2.08 bits per heavy atom. The zero-order valence-corrected chi connectivity index (χ0v) is 10.4. The second-order valence-electron chi connectivity index (χ2n) is 2.59. The molecule has 0 amide bonds. The van der Waals surface area contributed by atoms with E-state index < -0.39 is 0 Å². The molecular weight excluding hydrogens is 291 g/mol. The first-order valence-corrected chi connectivity index (χ1v) is 6.34. The van der Waals surface area contributed by atoms with Crippen LogP contribution in [0.1, 0.15) is 4.88 Å². The van der Waals surface area contributed by atoms with Crippen molar-refractivity contribution in [1.82, 2.24) is 0 Å². The zero-order valence-electron chi connectivity index (χ0n) is 6.48. The van der Waals surface area contributed by atoms with E-state index in [9.17, 15) is 0 Å². The normalized spacial score (nSPS) is 11.0. The summed E-state index contributed by atoms with van der Waals surface area (Å²) in [5.41, 5.74) is 0. The largest absolute Gasteiger partial charge is 0.136 e. The summed E-state index contributed by atoms with van der Waals surface area (Å²) in [6.07, 6.45) is 0. The Morgan fingerprint density at radius 3 is 2.69 bits per heavy atom. The zero-order chi connectivity index (χ0) is 9.42. The number of fused-ring (bicyclic) bond motifs is 1. The van der Waals surface area contributed by atoms with Crippen LogP contribution < -0.4 is 0 Å². The predicted octanol–water partition coefficient (Wildman–Crippen LogP) is 5.10. The number of thiophene rings is 1. The lowest BCUT2D eigenvalue weighted by Crippen LogP contribution is -1.67. The summed E-state index contributed by atoms with van der Waals surface area (Å²) in [4.78, 5) is 1.13. The van der Waals surface area contributed by atoms with Crippen LogP contribution in [0.15, 0.2) is 18.2 Å². The highest BCUT2D eigenvalue weighted by molar-refractivity contribution is 9.08. The maximum Gasteiger partial charge on any atom is 0.0632 e. The molecule has 68 valence electrons. The van der Waals surface area contributed by atoms with E-state index in [4.69, 9.17) is 23.2 Å². The number of rotatable bonds is 1. The Balaban J connectivity index is 2.83. The van der Waals surface area contributed by atoms with Gasteiger partial charge in [0.2, 0.25) is 0 Å². The third kappa shape index (κ3) is 1.61. The van der Waals surface area contributed by atoms with E-state index in [1.165, 1.54) is 0 Å². The van der Waals surface area contributed by atoms with Crippen molar-refractivity contribution in [2.75, 3.05) is 0 Å². The van der Waals surface area contributed by atoms with Crippen LogP contribution in [0.5, 0.6) is 0 Å². The molecule has 0 saturated carbocycles. The van der Waals surface area contributed by atoms with Crippen LogP contribution in [0.3, 0.4) is 0 Å². The second kappa shape index (κ2) is 3.77. The van der Waals surface area contributed by atoms with Crippen molar-refractivity contribution in [3.63, 3.8) is 0 Å². The highest BCUT2D eigenvalue weighted by Crippen LogP contribution is 2.39. The fourth-order valence-corrected chi connectivity index (χ4v) is 3.61. The molecule has 13 heavy (non-hydrogen) atoms. The molecule has 2 aromatic rings. The van der Waals surface area contributed by atoms with Crippen LogP contribution in [0.4, 0.5) is 0 Å². The summed E-state index contributed by atoms with van der Waals surface area (Å²) in [6, 6.07) is 5.79. The number of alkyl halides is 1. The van der Waals surface area contributed by atoms with Crippen LogP contribution in [0.25, 0.3) is 10.1 Å². The minimum atomic E-state index is 0.775. The molecule has 0 fully saturated rings. The average molecular weight is 296 g/mol. The van der Waals surface area contributed by atoms with E-state index in [2.05, 4.69) is 15.9 Å². The number of hydrogen-bond acceptors (Lipinski definition) is 1. The number of halogens is 3. The molecule has 0 nitrogen and oxygen atoms in total. The Morgan fingerprint density at radius 1 is 1.31 bits per heavy atom. The second-order valence-corrected chi connectivity index (χ2v) is 5.04. The van der Waals surface area contributed by atoms with E-state index in [0.29, 0.717) is 0 Å². The molecule has 0 radical (unpaired) electrons. The van der Waals surface area contributed by atoms with Crippen molar-refractivity contribution in [3.8, 4) is 0 Å². The van der Waals surface area contributed by atoms with Gasteiger partial charge in [-0.25, -0.2) is 0 Å². The predicted molar refractivity (Wildman–Crippen MR) is 64.5 cm³/mol. The van der Waals surface area contributed by atoms with Crippen LogP contribution >= 0.6 is 50.5 Å². The first kappa shape index (κ1) is 9.78. The quantitative estimate of drug-likeness (QED) is 0.642. The van der Waals surface area contributed by atoms with Gasteiger partial charge in [0.05, 0.1) is 14.7 Å². The lowest BCUT2D eigenvalue weighted by molar-refractivity contribution is 1.59. The number of benzene rings is 1. The Hall–Kier alpha value is 0.240. The van der Waals surface area contributed by atoms with Crippen LogP contribution in [-0.4, -0.2) is 0 Å². The molecule has 0 aliphatic carbocycles. The first-order chi connectivity index (χ1) is 6.24.